The highest BCUT2D eigenvalue weighted by molar-refractivity contribution is 5.74. The Morgan fingerprint density at radius 2 is 2.25 bits per heavy atom. The summed E-state index contributed by atoms with van der Waals surface area (Å²) in [5.41, 5.74) is 1.49. The maximum absolute atomic E-state index is 12.3. The van der Waals surface area contributed by atoms with Crippen LogP contribution in [0.5, 0.6) is 0 Å². The van der Waals surface area contributed by atoms with Crippen LogP contribution in [0.25, 0.3) is 0 Å². The van der Waals surface area contributed by atoms with Gasteiger partial charge in [-0.15, -0.1) is 0 Å². The minimum absolute atomic E-state index is 0.0319. The van der Waals surface area contributed by atoms with E-state index in [1.165, 1.54) is 6.07 Å². The molecule has 2 aromatic rings. The molecule has 7 nitrogen and oxygen atoms in total. The van der Waals surface area contributed by atoms with Gasteiger partial charge in [-0.3, -0.25) is 9.78 Å². The van der Waals surface area contributed by atoms with Crippen molar-refractivity contribution < 1.29 is 4.79 Å². The van der Waals surface area contributed by atoms with E-state index in [-0.39, 0.29) is 17.6 Å². The SMILES string of the molecule is CC[C@H](c1cccnc1)N(C)C(=O)NCCc1nc(C)cc(=O)[nH]1. The molecule has 0 fully saturated rings. The van der Waals surface area contributed by atoms with Gasteiger partial charge in [0.1, 0.15) is 5.82 Å². The van der Waals surface area contributed by atoms with Crippen LogP contribution in [0.4, 0.5) is 4.79 Å². The predicted molar refractivity (Wildman–Crippen MR) is 91.7 cm³/mol. The Bertz CT molecular complexity index is 729. The van der Waals surface area contributed by atoms with Crippen LogP contribution in [-0.4, -0.2) is 39.5 Å². The quantitative estimate of drug-likeness (QED) is 0.845. The standard InChI is InChI=1S/C17H23N5O2/c1-4-14(13-6-5-8-18-11-13)22(3)17(24)19-9-7-15-20-12(2)10-16(23)21-15/h5-6,8,10-11,14H,4,7,9H2,1-3H3,(H,19,24)(H,20,21,23)/t14-/m1/s1. The molecule has 0 spiro atoms. The lowest BCUT2D eigenvalue weighted by atomic mass is 10.1. The summed E-state index contributed by atoms with van der Waals surface area (Å²) in [6.07, 6.45) is 4.76. The zero-order valence-corrected chi connectivity index (χ0v) is 14.2. The van der Waals surface area contributed by atoms with Crippen molar-refractivity contribution in [3.8, 4) is 0 Å². The third kappa shape index (κ3) is 4.65. The van der Waals surface area contributed by atoms with Crippen molar-refractivity contribution in [3.63, 3.8) is 0 Å². The fraction of sp³-hybridized carbons (Fsp3) is 0.412. The highest BCUT2D eigenvalue weighted by Crippen LogP contribution is 2.21. The van der Waals surface area contributed by atoms with Gasteiger partial charge in [-0.2, -0.15) is 0 Å². The van der Waals surface area contributed by atoms with Gasteiger partial charge in [0.25, 0.3) is 5.56 Å². The fourth-order valence-corrected chi connectivity index (χ4v) is 2.62. The highest BCUT2D eigenvalue weighted by atomic mass is 16.2. The molecule has 24 heavy (non-hydrogen) atoms. The number of hydrogen-bond donors (Lipinski definition) is 2. The fourth-order valence-electron chi connectivity index (χ4n) is 2.62. The maximum Gasteiger partial charge on any atom is 0.317 e. The lowest BCUT2D eigenvalue weighted by molar-refractivity contribution is 0.188. The lowest BCUT2D eigenvalue weighted by Gasteiger charge is -2.27. The molecule has 2 heterocycles. The molecular weight excluding hydrogens is 306 g/mol. The second kappa shape index (κ2) is 8.24. The van der Waals surface area contributed by atoms with Gasteiger partial charge in [-0.25, -0.2) is 9.78 Å². The van der Waals surface area contributed by atoms with E-state index in [4.69, 9.17) is 0 Å². The predicted octanol–water partition coefficient (Wildman–Crippen LogP) is 1.81. The second-order valence-electron chi connectivity index (χ2n) is 5.64. The van der Waals surface area contributed by atoms with Gasteiger partial charge in [-0.1, -0.05) is 13.0 Å². The number of rotatable bonds is 6. The summed E-state index contributed by atoms with van der Waals surface area (Å²) in [5.74, 6) is 0.572. The van der Waals surface area contributed by atoms with Gasteiger partial charge >= 0.3 is 6.03 Å². The Morgan fingerprint density at radius 3 is 2.88 bits per heavy atom. The van der Waals surface area contributed by atoms with E-state index in [0.717, 1.165) is 12.0 Å². The van der Waals surface area contributed by atoms with Crippen LogP contribution in [0.3, 0.4) is 0 Å². The van der Waals surface area contributed by atoms with Crippen molar-refractivity contribution >= 4 is 6.03 Å². The lowest BCUT2D eigenvalue weighted by Crippen LogP contribution is -2.40. The van der Waals surface area contributed by atoms with Crippen molar-refractivity contribution in [2.45, 2.75) is 32.7 Å². The molecular formula is C17H23N5O2. The third-order valence-electron chi connectivity index (χ3n) is 3.80. The van der Waals surface area contributed by atoms with E-state index in [0.29, 0.717) is 24.5 Å². The molecule has 2 N–H and O–H groups in total. The third-order valence-corrected chi connectivity index (χ3v) is 3.80. The number of urea groups is 1. The largest absolute Gasteiger partial charge is 0.338 e. The number of carbonyl (C=O) groups is 1. The Hall–Kier alpha value is -2.70. The summed E-state index contributed by atoms with van der Waals surface area (Å²) in [6.45, 7) is 4.20. The minimum Gasteiger partial charge on any atom is -0.338 e. The van der Waals surface area contributed by atoms with E-state index in [2.05, 4.69) is 20.3 Å². The first-order valence-electron chi connectivity index (χ1n) is 7.98. The first-order valence-corrected chi connectivity index (χ1v) is 7.98. The van der Waals surface area contributed by atoms with Gasteiger partial charge in [0, 0.05) is 44.2 Å². The summed E-state index contributed by atoms with van der Waals surface area (Å²) in [5, 5.41) is 2.86. The van der Waals surface area contributed by atoms with E-state index in [9.17, 15) is 9.59 Å². The Morgan fingerprint density at radius 1 is 1.46 bits per heavy atom. The molecule has 0 aliphatic heterocycles. The number of pyridine rings is 1. The Kier molecular flexibility index (Phi) is 6.06. The molecule has 0 saturated heterocycles. The van der Waals surface area contributed by atoms with Crippen LogP contribution in [0.2, 0.25) is 0 Å². The molecule has 7 heteroatoms. The van der Waals surface area contributed by atoms with Crippen LogP contribution in [0.15, 0.2) is 35.4 Å². The molecule has 0 aliphatic rings. The molecule has 1 atom stereocenters. The zero-order chi connectivity index (χ0) is 17.5. The molecule has 2 rings (SSSR count). The number of aromatic nitrogens is 3. The molecule has 128 valence electrons. The van der Waals surface area contributed by atoms with E-state index in [1.54, 1.807) is 31.3 Å². The van der Waals surface area contributed by atoms with E-state index >= 15 is 0 Å². The molecule has 0 aliphatic carbocycles. The summed E-state index contributed by atoms with van der Waals surface area (Å²) in [4.78, 5) is 36.4. The number of aromatic amines is 1. The molecule has 0 aromatic carbocycles. The average molecular weight is 329 g/mol. The van der Waals surface area contributed by atoms with Gasteiger partial charge in [0.15, 0.2) is 0 Å². The summed E-state index contributed by atoms with van der Waals surface area (Å²) < 4.78 is 0. The minimum atomic E-state index is -0.177. The van der Waals surface area contributed by atoms with Crippen LogP contribution in [-0.2, 0) is 6.42 Å². The smallest absolute Gasteiger partial charge is 0.317 e. The number of nitrogens with one attached hydrogen (secondary N) is 2. The number of aryl methyl sites for hydroxylation is 1. The summed E-state index contributed by atoms with van der Waals surface area (Å²) >= 11 is 0. The van der Waals surface area contributed by atoms with Crippen molar-refractivity contribution in [3.05, 3.63) is 58.0 Å². The van der Waals surface area contributed by atoms with Gasteiger partial charge in [0.05, 0.1) is 6.04 Å². The van der Waals surface area contributed by atoms with Crippen molar-refractivity contribution in [1.82, 2.24) is 25.2 Å². The molecule has 0 radical (unpaired) electrons. The number of amides is 2. The Balaban J connectivity index is 1.92. The first kappa shape index (κ1) is 17.7. The average Bonchev–Trinajstić information content (AvgIpc) is 2.55. The van der Waals surface area contributed by atoms with Crippen molar-refractivity contribution in [1.29, 1.82) is 0 Å². The molecule has 2 aromatic heterocycles. The van der Waals surface area contributed by atoms with Crippen LogP contribution in [0.1, 0.15) is 36.5 Å². The van der Waals surface area contributed by atoms with Gasteiger partial charge in [-0.05, 0) is 25.0 Å². The molecule has 0 bridgehead atoms. The van der Waals surface area contributed by atoms with Crippen LogP contribution < -0.4 is 10.9 Å². The zero-order valence-electron chi connectivity index (χ0n) is 14.2. The number of hydrogen-bond acceptors (Lipinski definition) is 4. The molecule has 0 saturated carbocycles. The van der Waals surface area contributed by atoms with Crippen molar-refractivity contribution in [2.24, 2.45) is 0 Å². The van der Waals surface area contributed by atoms with Crippen molar-refractivity contribution in [2.75, 3.05) is 13.6 Å². The second-order valence-corrected chi connectivity index (χ2v) is 5.64. The first-order chi connectivity index (χ1) is 11.5. The van der Waals surface area contributed by atoms with Crippen LogP contribution >= 0.6 is 0 Å². The Labute approximate surface area is 141 Å². The highest BCUT2D eigenvalue weighted by Gasteiger charge is 2.19. The van der Waals surface area contributed by atoms with E-state index < -0.39 is 0 Å². The number of H-pyrrole nitrogens is 1. The van der Waals surface area contributed by atoms with E-state index in [1.807, 2.05) is 19.1 Å². The monoisotopic (exact) mass is 329 g/mol. The van der Waals surface area contributed by atoms with Crippen LogP contribution in [0, 0.1) is 6.92 Å². The number of nitrogens with zero attached hydrogens (tertiary/aromatic N) is 3. The topological polar surface area (TPSA) is 91.0 Å². The maximum atomic E-state index is 12.3. The molecule has 2 amide bonds. The number of carbonyl (C=O) groups excluding carboxylic acids is 1. The van der Waals surface area contributed by atoms with Gasteiger partial charge < -0.3 is 15.2 Å². The van der Waals surface area contributed by atoms with Gasteiger partial charge in [0.2, 0.25) is 0 Å². The molecule has 0 unspecified atom stereocenters. The summed E-state index contributed by atoms with van der Waals surface area (Å²) in [7, 11) is 1.77. The summed E-state index contributed by atoms with van der Waals surface area (Å²) in [6, 6.07) is 5.07. The normalized spacial score (nSPS) is 11.8.